The van der Waals surface area contributed by atoms with Crippen molar-refractivity contribution in [3.05, 3.63) is 27.8 Å². The summed E-state index contributed by atoms with van der Waals surface area (Å²) in [6, 6.07) is 2.96. The highest BCUT2D eigenvalue weighted by Crippen LogP contribution is 2.13. The second-order valence-corrected chi connectivity index (χ2v) is 2.55. The fourth-order valence-electron chi connectivity index (χ4n) is 0.999. The minimum Gasteiger partial charge on any atom is -0.363 e. The quantitative estimate of drug-likeness (QED) is 0.508. The Morgan fingerprint density at radius 1 is 1.54 bits per heavy atom. The monoisotopic (exact) mass is 182 g/mol. The molecule has 1 aromatic heterocycles. The molecule has 6 nitrogen and oxygen atoms in total. The number of nitrogen functional groups attached to an aromatic ring is 1. The molecule has 0 bridgehead atoms. The highest BCUT2D eigenvalue weighted by molar-refractivity contribution is 5.40. The smallest absolute Gasteiger partial charge is 0.363 e. The summed E-state index contributed by atoms with van der Waals surface area (Å²) in [4.78, 5) is 13.3. The van der Waals surface area contributed by atoms with Gasteiger partial charge in [0.15, 0.2) is 0 Å². The molecule has 0 amide bonds. The third kappa shape index (κ3) is 2.38. The molecule has 0 fully saturated rings. The number of aromatic nitrogens is 1. The molecule has 0 saturated heterocycles. The van der Waals surface area contributed by atoms with Crippen LogP contribution in [-0.2, 0) is 6.42 Å². The van der Waals surface area contributed by atoms with Crippen LogP contribution in [0.15, 0.2) is 12.1 Å². The number of rotatable bonds is 3. The zero-order chi connectivity index (χ0) is 9.84. The van der Waals surface area contributed by atoms with E-state index in [2.05, 4.69) is 4.98 Å². The van der Waals surface area contributed by atoms with Crippen LogP contribution in [0.5, 0.6) is 0 Å². The Labute approximate surface area is 74.7 Å². The van der Waals surface area contributed by atoms with Gasteiger partial charge in [-0.1, -0.05) is 0 Å². The van der Waals surface area contributed by atoms with E-state index in [-0.39, 0.29) is 11.6 Å². The van der Waals surface area contributed by atoms with Crippen molar-refractivity contribution in [3.63, 3.8) is 0 Å². The first-order valence-corrected chi connectivity index (χ1v) is 3.74. The second kappa shape index (κ2) is 3.81. The minimum atomic E-state index is -0.573. The van der Waals surface area contributed by atoms with Crippen molar-refractivity contribution in [1.82, 2.24) is 4.98 Å². The molecule has 1 aromatic rings. The molecule has 0 saturated carbocycles. The lowest BCUT2D eigenvalue weighted by atomic mass is 10.2. The van der Waals surface area contributed by atoms with E-state index in [1.807, 2.05) is 0 Å². The van der Waals surface area contributed by atoms with E-state index in [4.69, 9.17) is 11.5 Å². The zero-order valence-electron chi connectivity index (χ0n) is 6.93. The number of nitrogens with two attached hydrogens (primary N) is 2. The van der Waals surface area contributed by atoms with Gasteiger partial charge < -0.3 is 21.6 Å². The predicted octanol–water partition coefficient (Wildman–Crippen LogP) is 0.0732. The van der Waals surface area contributed by atoms with Crippen LogP contribution in [-0.4, -0.2) is 16.5 Å². The zero-order valence-corrected chi connectivity index (χ0v) is 6.93. The lowest BCUT2D eigenvalue weighted by molar-refractivity contribution is -0.389. The number of hydrogen-bond donors (Lipinski definition) is 2. The summed E-state index contributed by atoms with van der Waals surface area (Å²) in [7, 11) is 0. The molecule has 1 heterocycles. The molecule has 0 aliphatic heterocycles. The van der Waals surface area contributed by atoms with Crippen molar-refractivity contribution in [3.8, 4) is 0 Å². The van der Waals surface area contributed by atoms with Crippen LogP contribution in [0.25, 0.3) is 0 Å². The molecule has 4 N–H and O–H groups in total. The van der Waals surface area contributed by atoms with Crippen LogP contribution in [0.4, 0.5) is 11.6 Å². The van der Waals surface area contributed by atoms with Gasteiger partial charge >= 0.3 is 5.82 Å². The summed E-state index contributed by atoms with van der Waals surface area (Å²) in [6.45, 7) is 0.431. The van der Waals surface area contributed by atoms with Gasteiger partial charge in [0.05, 0.1) is 0 Å². The maximum Gasteiger partial charge on any atom is 0.366 e. The van der Waals surface area contributed by atoms with Gasteiger partial charge in [0.2, 0.25) is 5.82 Å². The molecule has 0 aliphatic carbocycles. The summed E-state index contributed by atoms with van der Waals surface area (Å²) in [5.41, 5.74) is 11.4. The maximum absolute atomic E-state index is 10.4. The Balaban J connectivity index is 3.03. The molecule has 70 valence electrons. The molecule has 0 aliphatic rings. The molecule has 0 spiro atoms. The van der Waals surface area contributed by atoms with E-state index in [9.17, 15) is 10.1 Å². The van der Waals surface area contributed by atoms with E-state index in [1.54, 1.807) is 6.07 Å². The van der Waals surface area contributed by atoms with E-state index >= 15 is 0 Å². The molecule has 0 radical (unpaired) electrons. The highest BCUT2D eigenvalue weighted by atomic mass is 16.6. The average Bonchev–Trinajstić information content (AvgIpc) is 2.03. The normalized spacial score (nSPS) is 9.92. The summed E-state index contributed by atoms with van der Waals surface area (Å²) in [5, 5.41) is 10.4. The lowest BCUT2D eigenvalue weighted by Crippen LogP contribution is -2.05. The van der Waals surface area contributed by atoms with Gasteiger partial charge in [0, 0.05) is 12.1 Å². The van der Waals surface area contributed by atoms with Gasteiger partial charge in [-0.2, -0.15) is 0 Å². The minimum absolute atomic E-state index is 0.151. The fourth-order valence-corrected chi connectivity index (χ4v) is 0.999. The van der Waals surface area contributed by atoms with Crippen molar-refractivity contribution in [2.75, 3.05) is 12.3 Å². The van der Waals surface area contributed by atoms with Crippen LogP contribution in [0.2, 0.25) is 0 Å². The van der Waals surface area contributed by atoms with Crippen LogP contribution in [0, 0.1) is 10.1 Å². The summed E-state index contributed by atoms with van der Waals surface area (Å²) < 4.78 is 0. The average molecular weight is 182 g/mol. The third-order valence-corrected chi connectivity index (χ3v) is 1.51. The van der Waals surface area contributed by atoms with Crippen molar-refractivity contribution in [2.24, 2.45) is 5.73 Å². The lowest BCUT2D eigenvalue weighted by Gasteiger charge is -1.98. The first-order valence-electron chi connectivity index (χ1n) is 3.74. The van der Waals surface area contributed by atoms with Crippen LogP contribution < -0.4 is 11.5 Å². The van der Waals surface area contributed by atoms with Crippen molar-refractivity contribution >= 4 is 11.6 Å². The number of hydrogen-bond acceptors (Lipinski definition) is 5. The Morgan fingerprint density at radius 2 is 2.23 bits per heavy atom. The SMILES string of the molecule is NCCc1cc(N)nc([N+](=O)[O-])c1. The van der Waals surface area contributed by atoms with Gasteiger partial charge in [-0.25, -0.2) is 0 Å². The van der Waals surface area contributed by atoms with Gasteiger partial charge in [-0.15, -0.1) is 0 Å². The summed E-state index contributed by atoms with van der Waals surface area (Å²) in [5.74, 6) is -0.0823. The summed E-state index contributed by atoms with van der Waals surface area (Å²) in [6.07, 6.45) is 0.563. The van der Waals surface area contributed by atoms with E-state index < -0.39 is 4.92 Å². The molecule has 0 atom stereocenters. The summed E-state index contributed by atoms with van der Waals surface area (Å²) >= 11 is 0. The Kier molecular flexibility index (Phi) is 2.76. The van der Waals surface area contributed by atoms with E-state index in [1.165, 1.54) is 6.07 Å². The molecule has 0 unspecified atom stereocenters. The van der Waals surface area contributed by atoms with E-state index in [0.29, 0.717) is 13.0 Å². The van der Waals surface area contributed by atoms with Crippen molar-refractivity contribution in [1.29, 1.82) is 0 Å². The molecule has 6 heteroatoms. The highest BCUT2D eigenvalue weighted by Gasteiger charge is 2.10. The number of nitrogens with zero attached hydrogens (tertiary/aromatic N) is 2. The number of nitro groups is 1. The Hall–Kier alpha value is -1.69. The predicted molar refractivity (Wildman–Crippen MR) is 48.1 cm³/mol. The van der Waals surface area contributed by atoms with E-state index in [0.717, 1.165) is 5.56 Å². The standard InChI is InChI=1S/C7H10N4O2/c8-2-1-5-3-6(9)10-7(4-5)11(12)13/h3-4H,1-2,8H2,(H2,9,10). The topological polar surface area (TPSA) is 108 Å². The van der Waals surface area contributed by atoms with Crippen LogP contribution in [0.1, 0.15) is 5.56 Å². The Morgan fingerprint density at radius 3 is 2.77 bits per heavy atom. The molecule has 0 aromatic carbocycles. The molecular formula is C7H10N4O2. The van der Waals surface area contributed by atoms with Gasteiger partial charge in [-0.05, 0) is 28.4 Å². The number of anilines is 1. The van der Waals surface area contributed by atoms with Crippen LogP contribution in [0.3, 0.4) is 0 Å². The molecular weight excluding hydrogens is 172 g/mol. The number of pyridine rings is 1. The third-order valence-electron chi connectivity index (χ3n) is 1.51. The van der Waals surface area contributed by atoms with Crippen molar-refractivity contribution in [2.45, 2.75) is 6.42 Å². The van der Waals surface area contributed by atoms with Crippen molar-refractivity contribution < 1.29 is 4.92 Å². The molecule has 13 heavy (non-hydrogen) atoms. The maximum atomic E-state index is 10.4. The first-order chi connectivity index (χ1) is 6.13. The van der Waals surface area contributed by atoms with Gasteiger partial charge in [-0.3, -0.25) is 0 Å². The van der Waals surface area contributed by atoms with Gasteiger partial charge in [0.1, 0.15) is 0 Å². The van der Waals surface area contributed by atoms with Crippen LogP contribution >= 0.6 is 0 Å². The molecule has 1 rings (SSSR count). The Bertz CT molecular complexity index is 326. The largest absolute Gasteiger partial charge is 0.366 e. The van der Waals surface area contributed by atoms with Gasteiger partial charge in [0.25, 0.3) is 0 Å². The fraction of sp³-hybridized carbons (Fsp3) is 0.286. The second-order valence-electron chi connectivity index (χ2n) is 2.55. The first kappa shape index (κ1) is 9.40.